The molecule has 9 heteroatoms. The van der Waals surface area contributed by atoms with Crippen LogP contribution in [-0.4, -0.2) is 42.6 Å². The molecule has 3 N–H and O–H groups in total. The van der Waals surface area contributed by atoms with Crippen LogP contribution in [0.1, 0.15) is 41.6 Å². The van der Waals surface area contributed by atoms with Crippen molar-refractivity contribution in [1.82, 2.24) is 24.9 Å². The van der Waals surface area contributed by atoms with Crippen LogP contribution in [0.2, 0.25) is 0 Å². The molecule has 1 aliphatic rings. The molecule has 0 aliphatic heterocycles. The second-order valence-corrected chi connectivity index (χ2v) is 7.21. The van der Waals surface area contributed by atoms with Crippen molar-refractivity contribution >= 4 is 23.3 Å². The Balaban J connectivity index is 1.43. The summed E-state index contributed by atoms with van der Waals surface area (Å²) in [5.41, 5.74) is 1.89. The highest BCUT2D eigenvalue weighted by atomic mass is 16.4. The first-order valence-corrected chi connectivity index (χ1v) is 9.61. The standard InChI is InChI=1S/C20H22N6O3/c27-19(24-15-5-3-14(4-6-15)20(28)29)16-12-23-26-9-7-17(25-18(16)26)22-11-13-2-1-8-21-10-13/h1-2,7-10,12,14-15H,3-6,11H2,(H,22,25)(H,24,27)(H,28,29). The van der Waals surface area contributed by atoms with E-state index in [-0.39, 0.29) is 17.9 Å². The molecule has 0 spiro atoms. The van der Waals surface area contributed by atoms with E-state index in [0.717, 1.165) is 5.56 Å². The van der Waals surface area contributed by atoms with Gasteiger partial charge in [-0.05, 0) is 43.4 Å². The average Bonchev–Trinajstić information content (AvgIpc) is 3.17. The maximum absolute atomic E-state index is 12.7. The number of aliphatic carboxylic acids is 1. The smallest absolute Gasteiger partial charge is 0.306 e. The minimum atomic E-state index is -0.757. The largest absolute Gasteiger partial charge is 0.481 e. The van der Waals surface area contributed by atoms with E-state index in [1.54, 1.807) is 29.2 Å². The topological polar surface area (TPSA) is 122 Å². The van der Waals surface area contributed by atoms with Crippen LogP contribution in [0.3, 0.4) is 0 Å². The number of pyridine rings is 1. The summed E-state index contributed by atoms with van der Waals surface area (Å²) in [5.74, 6) is -0.670. The molecule has 1 saturated carbocycles. The SMILES string of the molecule is O=C(NC1CCC(C(=O)O)CC1)c1cnn2ccc(NCc3cccnc3)nc12. The predicted molar refractivity (Wildman–Crippen MR) is 105 cm³/mol. The molecule has 3 aromatic heterocycles. The molecule has 0 atom stereocenters. The van der Waals surface area contributed by atoms with Crippen LogP contribution in [0.25, 0.3) is 5.65 Å². The van der Waals surface area contributed by atoms with Gasteiger partial charge < -0.3 is 15.7 Å². The summed E-state index contributed by atoms with van der Waals surface area (Å²) in [6.07, 6.45) is 9.24. The molecule has 9 nitrogen and oxygen atoms in total. The fourth-order valence-corrected chi connectivity index (χ4v) is 3.57. The molecule has 0 saturated heterocycles. The van der Waals surface area contributed by atoms with Crippen molar-refractivity contribution in [2.24, 2.45) is 5.92 Å². The number of aromatic nitrogens is 4. The minimum absolute atomic E-state index is 0.0278. The summed E-state index contributed by atoms with van der Waals surface area (Å²) in [6.45, 7) is 0.569. The third-order valence-electron chi connectivity index (χ3n) is 5.22. The Morgan fingerprint density at radius 2 is 2.00 bits per heavy atom. The molecule has 1 amide bonds. The van der Waals surface area contributed by atoms with E-state index < -0.39 is 5.97 Å². The van der Waals surface area contributed by atoms with Gasteiger partial charge in [-0.3, -0.25) is 14.6 Å². The Bertz CT molecular complexity index is 1010. The fourth-order valence-electron chi connectivity index (χ4n) is 3.57. The molecule has 3 aromatic rings. The summed E-state index contributed by atoms with van der Waals surface area (Å²) in [4.78, 5) is 32.4. The van der Waals surface area contributed by atoms with Crippen LogP contribution >= 0.6 is 0 Å². The third-order valence-corrected chi connectivity index (χ3v) is 5.22. The van der Waals surface area contributed by atoms with Gasteiger partial charge in [0.1, 0.15) is 11.4 Å². The highest BCUT2D eigenvalue weighted by Gasteiger charge is 2.27. The van der Waals surface area contributed by atoms with Gasteiger partial charge in [-0.1, -0.05) is 6.07 Å². The Labute approximate surface area is 167 Å². The van der Waals surface area contributed by atoms with Crippen LogP contribution < -0.4 is 10.6 Å². The minimum Gasteiger partial charge on any atom is -0.481 e. The zero-order chi connectivity index (χ0) is 20.2. The van der Waals surface area contributed by atoms with Crippen molar-refractivity contribution in [1.29, 1.82) is 0 Å². The molecule has 3 heterocycles. The van der Waals surface area contributed by atoms with Crippen molar-refractivity contribution in [2.45, 2.75) is 38.3 Å². The molecule has 4 rings (SSSR count). The second-order valence-electron chi connectivity index (χ2n) is 7.21. The van der Waals surface area contributed by atoms with E-state index in [1.165, 1.54) is 6.20 Å². The van der Waals surface area contributed by atoms with E-state index in [4.69, 9.17) is 5.11 Å². The Morgan fingerprint density at radius 3 is 2.72 bits per heavy atom. The summed E-state index contributed by atoms with van der Waals surface area (Å²) < 4.78 is 1.56. The van der Waals surface area contributed by atoms with E-state index in [0.29, 0.717) is 49.3 Å². The number of nitrogens with one attached hydrogen (secondary N) is 2. The maximum atomic E-state index is 12.7. The van der Waals surface area contributed by atoms with Gasteiger partial charge in [0.2, 0.25) is 0 Å². The quantitative estimate of drug-likeness (QED) is 0.585. The van der Waals surface area contributed by atoms with Gasteiger partial charge in [-0.25, -0.2) is 9.50 Å². The maximum Gasteiger partial charge on any atom is 0.306 e. The first-order chi connectivity index (χ1) is 14.1. The van der Waals surface area contributed by atoms with Crippen LogP contribution in [0.5, 0.6) is 0 Å². The molecular formula is C20H22N6O3. The number of hydrogen-bond donors (Lipinski definition) is 3. The van der Waals surface area contributed by atoms with Gasteiger partial charge in [-0.2, -0.15) is 5.10 Å². The molecule has 0 unspecified atom stereocenters. The van der Waals surface area contributed by atoms with Crippen LogP contribution in [0.4, 0.5) is 5.82 Å². The lowest BCUT2D eigenvalue weighted by Gasteiger charge is -2.26. The van der Waals surface area contributed by atoms with Gasteiger partial charge in [0.25, 0.3) is 5.91 Å². The van der Waals surface area contributed by atoms with Crippen LogP contribution in [-0.2, 0) is 11.3 Å². The summed E-state index contributed by atoms with van der Waals surface area (Å²) >= 11 is 0. The lowest BCUT2D eigenvalue weighted by molar-refractivity contribution is -0.142. The molecule has 150 valence electrons. The Kier molecular flexibility index (Phi) is 5.37. The number of amides is 1. The zero-order valence-electron chi connectivity index (χ0n) is 15.8. The predicted octanol–water partition coefficient (Wildman–Crippen LogP) is 2.11. The van der Waals surface area contributed by atoms with Gasteiger partial charge in [-0.15, -0.1) is 0 Å². The molecule has 0 aromatic carbocycles. The van der Waals surface area contributed by atoms with Crippen molar-refractivity contribution in [3.63, 3.8) is 0 Å². The van der Waals surface area contributed by atoms with Crippen LogP contribution in [0, 0.1) is 5.92 Å². The van der Waals surface area contributed by atoms with E-state index in [1.807, 2.05) is 12.1 Å². The fraction of sp³-hybridized carbons (Fsp3) is 0.350. The number of hydrogen-bond acceptors (Lipinski definition) is 6. The first kappa shape index (κ1) is 18.9. The molecule has 1 aliphatic carbocycles. The molecule has 0 bridgehead atoms. The zero-order valence-corrected chi connectivity index (χ0v) is 15.8. The molecule has 0 radical (unpaired) electrons. The summed E-state index contributed by atoms with van der Waals surface area (Å²) in [5, 5.41) is 19.5. The average molecular weight is 394 g/mol. The number of anilines is 1. The number of carbonyl (C=O) groups excluding carboxylic acids is 1. The van der Waals surface area contributed by atoms with Crippen LogP contribution in [0.15, 0.2) is 43.0 Å². The monoisotopic (exact) mass is 394 g/mol. The van der Waals surface area contributed by atoms with E-state index in [9.17, 15) is 9.59 Å². The van der Waals surface area contributed by atoms with Gasteiger partial charge >= 0.3 is 5.97 Å². The highest BCUT2D eigenvalue weighted by Crippen LogP contribution is 2.25. The second kappa shape index (κ2) is 8.26. The molecule has 29 heavy (non-hydrogen) atoms. The Morgan fingerprint density at radius 1 is 1.17 bits per heavy atom. The number of carboxylic acid groups (broad SMARTS) is 1. The number of carbonyl (C=O) groups is 2. The lowest BCUT2D eigenvalue weighted by Crippen LogP contribution is -2.38. The normalized spacial score (nSPS) is 19.0. The van der Waals surface area contributed by atoms with Gasteiger partial charge in [0.15, 0.2) is 5.65 Å². The van der Waals surface area contributed by atoms with E-state index in [2.05, 4.69) is 25.7 Å². The highest BCUT2D eigenvalue weighted by molar-refractivity contribution is 5.99. The van der Waals surface area contributed by atoms with Crippen molar-refractivity contribution in [2.75, 3.05) is 5.32 Å². The van der Waals surface area contributed by atoms with Crippen molar-refractivity contribution < 1.29 is 14.7 Å². The van der Waals surface area contributed by atoms with Gasteiger partial charge in [0.05, 0.1) is 12.1 Å². The van der Waals surface area contributed by atoms with E-state index >= 15 is 0 Å². The number of nitrogens with zero attached hydrogens (tertiary/aromatic N) is 4. The Hall–Kier alpha value is -3.49. The molecule has 1 fully saturated rings. The summed E-state index contributed by atoms with van der Waals surface area (Å²) in [6, 6.07) is 5.61. The summed E-state index contributed by atoms with van der Waals surface area (Å²) in [7, 11) is 0. The molecular weight excluding hydrogens is 372 g/mol. The first-order valence-electron chi connectivity index (χ1n) is 9.61. The number of rotatable bonds is 6. The van der Waals surface area contributed by atoms with Gasteiger partial charge in [0, 0.05) is 31.2 Å². The lowest BCUT2D eigenvalue weighted by atomic mass is 9.86. The van der Waals surface area contributed by atoms with Crippen molar-refractivity contribution in [3.8, 4) is 0 Å². The number of fused-ring (bicyclic) bond motifs is 1. The third kappa shape index (κ3) is 4.34. The van der Waals surface area contributed by atoms with Crippen molar-refractivity contribution in [3.05, 3.63) is 54.1 Å². The number of carboxylic acids is 1.